The van der Waals surface area contributed by atoms with E-state index in [1.54, 1.807) is 6.20 Å². The average molecular weight is 259 g/mol. The van der Waals surface area contributed by atoms with E-state index in [1.165, 1.54) is 12.8 Å². The lowest BCUT2D eigenvalue weighted by molar-refractivity contribution is 0.257. The summed E-state index contributed by atoms with van der Waals surface area (Å²) in [5, 5.41) is 11.5. The maximum atomic E-state index is 6.06. The number of nitrogens with two attached hydrogens (primary N) is 1. The fraction of sp³-hybridized carbons (Fsp3) is 0.500. The Kier molecular flexibility index (Phi) is 3.06. The molecule has 3 rings (SSSR count). The number of rotatable bonds is 5. The highest BCUT2D eigenvalue weighted by molar-refractivity contribution is 5.88. The van der Waals surface area contributed by atoms with E-state index in [1.807, 2.05) is 12.1 Å². The van der Waals surface area contributed by atoms with Gasteiger partial charge >= 0.3 is 0 Å². The Morgan fingerprint density at radius 2 is 2.32 bits per heavy atom. The number of likely N-dealkylation sites (N-methyl/N-ethyl adjacent to an activating group) is 1. The van der Waals surface area contributed by atoms with Crippen LogP contribution in [0, 0.1) is 0 Å². The van der Waals surface area contributed by atoms with Crippen molar-refractivity contribution in [3.05, 3.63) is 18.3 Å². The zero-order valence-corrected chi connectivity index (χ0v) is 11.5. The van der Waals surface area contributed by atoms with Crippen molar-refractivity contribution in [2.45, 2.75) is 31.8 Å². The molecule has 0 aliphatic heterocycles. The Bertz CT molecular complexity index is 572. The van der Waals surface area contributed by atoms with Gasteiger partial charge in [0.25, 0.3) is 0 Å². The van der Waals surface area contributed by atoms with Gasteiger partial charge in [0.15, 0.2) is 0 Å². The monoisotopic (exact) mass is 259 g/mol. The van der Waals surface area contributed by atoms with Crippen molar-refractivity contribution in [3.8, 4) is 0 Å². The highest BCUT2D eigenvalue weighted by Crippen LogP contribution is 2.28. The Morgan fingerprint density at radius 3 is 3.05 bits per heavy atom. The Morgan fingerprint density at radius 1 is 1.53 bits per heavy atom. The lowest BCUT2D eigenvalue weighted by Crippen LogP contribution is -2.36. The maximum Gasteiger partial charge on any atom is 0.0672 e. The van der Waals surface area contributed by atoms with Crippen molar-refractivity contribution in [2.75, 3.05) is 24.6 Å². The Labute approximate surface area is 113 Å². The first-order valence-corrected chi connectivity index (χ1v) is 6.83. The molecule has 1 aromatic carbocycles. The fourth-order valence-electron chi connectivity index (χ4n) is 2.41. The van der Waals surface area contributed by atoms with Crippen LogP contribution in [0.2, 0.25) is 0 Å². The van der Waals surface area contributed by atoms with Gasteiger partial charge in [-0.3, -0.25) is 10.00 Å². The number of hydrogen-bond acceptors (Lipinski definition) is 4. The number of anilines is 2. The van der Waals surface area contributed by atoms with Crippen LogP contribution < -0.4 is 11.1 Å². The first-order chi connectivity index (χ1) is 9.15. The molecule has 0 amide bonds. The number of aromatic nitrogens is 2. The predicted molar refractivity (Wildman–Crippen MR) is 79.2 cm³/mol. The van der Waals surface area contributed by atoms with Crippen molar-refractivity contribution in [1.29, 1.82) is 0 Å². The summed E-state index contributed by atoms with van der Waals surface area (Å²) in [5.41, 5.74) is 8.83. The maximum absolute atomic E-state index is 6.06. The summed E-state index contributed by atoms with van der Waals surface area (Å²) in [5.74, 6) is 0. The second-order valence-electron chi connectivity index (χ2n) is 5.52. The van der Waals surface area contributed by atoms with Crippen LogP contribution in [0.1, 0.15) is 19.8 Å². The summed E-state index contributed by atoms with van der Waals surface area (Å²) in [6.45, 7) is 3.15. The molecule has 0 bridgehead atoms. The molecule has 1 unspecified atom stereocenters. The number of fused-ring (bicyclic) bond motifs is 1. The van der Waals surface area contributed by atoms with Gasteiger partial charge in [0.05, 0.1) is 23.1 Å². The first-order valence-electron chi connectivity index (χ1n) is 6.83. The summed E-state index contributed by atoms with van der Waals surface area (Å²) >= 11 is 0. The van der Waals surface area contributed by atoms with Gasteiger partial charge < -0.3 is 11.1 Å². The molecule has 1 heterocycles. The van der Waals surface area contributed by atoms with Crippen molar-refractivity contribution in [3.63, 3.8) is 0 Å². The Balaban J connectivity index is 1.68. The van der Waals surface area contributed by atoms with E-state index in [0.717, 1.165) is 34.9 Å². The number of nitrogens with zero attached hydrogens (tertiary/aromatic N) is 2. The molecule has 5 heteroatoms. The molecule has 1 fully saturated rings. The number of benzene rings is 1. The quantitative estimate of drug-likeness (QED) is 0.719. The summed E-state index contributed by atoms with van der Waals surface area (Å²) in [7, 11) is 2.20. The average Bonchev–Trinajstić information content (AvgIpc) is 3.15. The van der Waals surface area contributed by atoms with Gasteiger partial charge in [0.2, 0.25) is 0 Å². The van der Waals surface area contributed by atoms with E-state index < -0.39 is 0 Å². The minimum absolute atomic E-state index is 0.504. The number of hydrogen-bond donors (Lipinski definition) is 3. The second kappa shape index (κ2) is 4.74. The van der Waals surface area contributed by atoms with E-state index in [4.69, 9.17) is 5.73 Å². The van der Waals surface area contributed by atoms with Crippen LogP contribution in [0.3, 0.4) is 0 Å². The van der Waals surface area contributed by atoms with Gasteiger partial charge in [0.1, 0.15) is 0 Å². The van der Waals surface area contributed by atoms with Gasteiger partial charge in [-0.15, -0.1) is 0 Å². The molecule has 102 valence electrons. The third kappa shape index (κ3) is 2.51. The van der Waals surface area contributed by atoms with E-state index in [-0.39, 0.29) is 0 Å². The van der Waals surface area contributed by atoms with Gasteiger partial charge in [-0.1, -0.05) is 0 Å². The topological polar surface area (TPSA) is 70.0 Å². The molecule has 19 heavy (non-hydrogen) atoms. The molecule has 0 saturated heterocycles. The predicted octanol–water partition coefficient (Wildman–Crippen LogP) is 2.04. The van der Waals surface area contributed by atoms with Crippen LogP contribution in [0.25, 0.3) is 10.9 Å². The molecule has 5 nitrogen and oxygen atoms in total. The molecule has 0 spiro atoms. The summed E-state index contributed by atoms with van der Waals surface area (Å²) in [6.07, 6.45) is 4.46. The van der Waals surface area contributed by atoms with Crippen LogP contribution in [-0.2, 0) is 0 Å². The van der Waals surface area contributed by atoms with Gasteiger partial charge in [-0.05, 0) is 38.9 Å². The normalized spacial score (nSPS) is 17.0. The van der Waals surface area contributed by atoms with E-state index in [2.05, 4.69) is 34.4 Å². The number of aromatic amines is 1. The van der Waals surface area contributed by atoms with E-state index >= 15 is 0 Å². The van der Waals surface area contributed by atoms with Crippen LogP contribution in [0.4, 0.5) is 11.4 Å². The lowest BCUT2D eigenvalue weighted by atomic mass is 10.2. The number of nitrogen functional groups attached to an aromatic ring is 1. The van der Waals surface area contributed by atoms with Crippen molar-refractivity contribution < 1.29 is 0 Å². The SMILES string of the molecule is CC(CNc1cc2[nH]ncc2cc1N)N(C)C1CC1. The van der Waals surface area contributed by atoms with Crippen molar-refractivity contribution in [2.24, 2.45) is 0 Å². The van der Waals surface area contributed by atoms with Gasteiger partial charge in [-0.25, -0.2) is 0 Å². The van der Waals surface area contributed by atoms with Crippen LogP contribution in [0.5, 0.6) is 0 Å². The molecule has 1 aliphatic rings. The first kappa shape index (κ1) is 12.3. The highest BCUT2D eigenvalue weighted by atomic mass is 15.2. The molecule has 2 aromatic rings. The number of nitrogens with one attached hydrogen (secondary N) is 2. The van der Waals surface area contributed by atoms with Crippen molar-refractivity contribution >= 4 is 22.3 Å². The molecular formula is C14H21N5. The Hall–Kier alpha value is -1.75. The third-order valence-electron chi connectivity index (χ3n) is 4.02. The van der Waals surface area contributed by atoms with Crippen molar-refractivity contribution in [1.82, 2.24) is 15.1 Å². The minimum atomic E-state index is 0.504. The fourth-order valence-corrected chi connectivity index (χ4v) is 2.41. The van der Waals surface area contributed by atoms with E-state index in [9.17, 15) is 0 Å². The molecule has 1 aromatic heterocycles. The smallest absolute Gasteiger partial charge is 0.0672 e. The van der Waals surface area contributed by atoms with Gasteiger partial charge in [0, 0.05) is 24.0 Å². The molecular weight excluding hydrogens is 238 g/mol. The zero-order chi connectivity index (χ0) is 13.4. The largest absolute Gasteiger partial charge is 0.397 e. The van der Waals surface area contributed by atoms with Crippen LogP contribution in [-0.4, -0.2) is 40.8 Å². The molecule has 0 radical (unpaired) electrons. The third-order valence-corrected chi connectivity index (χ3v) is 4.02. The standard InChI is InChI=1S/C14H21N5/c1-9(19(2)11-3-4-11)7-16-14-6-13-10(5-12(14)15)8-17-18-13/h5-6,8-9,11,16H,3-4,7,15H2,1-2H3,(H,17,18). The highest BCUT2D eigenvalue weighted by Gasteiger charge is 2.28. The summed E-state index contributed by atoms with van der Waals surface area (Å²) in [6, 6.07) is 5.27. The second-order valence-corrected chi connectivity index (χ2v) is 5.52. The molecule has 1 aliphatic carbocycles. The van der Waals surface area contributed by atoms with E-state index in [0.29, 0.717) is 6.04 Å². The number of H-pyrrole nitrogens is 1. The zero-order valence-electron chi connectivity index (χ0n) is 11.5. The van der Waals surface area contributed by atoms with Crippen LogP contribution in [0.15, 0.2) is 18.3 Å². The van der Waals surface area contributed by atoms with Gasteiger partial charge in [-0.2, -0.15) is 5.10 Å². The van der Waals surface area contributed by atoms with Crippen LogP contribution >= 0.6 is 0 Å². The lowest BCUT2D eigenvalue weighted by Gasteiger charge is -2.25. The molecule has 1 saturated carbocycles. The summed E-state index contributed by atoms with van der Waals surface area (Å²) < 4.78 is 0. The molecule has 4 N–H and O–H groups in total. The summed E-state index contributed by atoms with van der Waals surface area (Å²) in [4.78, 5) is 2.44. The minimum Gasteiger partial charge on any atom is -0.397 e. The molecule has 1 atom stereocenters.